The van der Waals surface area contributed by atoms with Gasteiger partial charge in [-0.2, -0.15) is 4.98 Å². The fraction of sp³-hybridized carbons (Fsp3) is 0.238. The lowest BCUT2D eigenvalue weighted by Crippen LogP contribution is -2.34. The predicted molar refractivity (Wildman–Crippen MR) is 111 cm³/mol. The van der Waals surface area contributed by atoms with E-state index in [1.54, 1.807) is 18.4 Å². The van der Waals surface area contributed by atoms with Crippen LogP contribution in [0.1, 0.15) is 27.3 Å². The monoisotopic (exact) mass is 409 g/mol. The van der Waals surface area contributed by atoms with E-state index < -0.39 is 0 Å². The summed E-state index contributed by atoms with van der Waals surface area (Å²) in [5, 5.41) is 8.52. The highest BCUT2D eigenvalue weighted by Crippen LogP contribution is 2.40. The molecule has 1 aliphatic heterocycles. The van der Waals surface area contributed by atoms with Gasteiger partial charge < -0.3 is 9.26 Å². The van der Waals surface area contributed by atoms with Crippen molar-refractivity contribution in [2.75, 3.05) is 13.7 Å². The molecule has 4 aromatic rings. The fourth-order valence-electron chi connectivity index (χ4n) is 3.67. The van der Waals surface area contributed by atoms with Gasteiger partial charge in [0, 0.05) is 21.9 Å². The van der Waals surface area contributed by atoms with Gasteiger partial charge in [-0.1, -0.05) is 11.2 Å². The highest BCUT2D eigenvalue weighted by Gasteiger charge is 2.31. The number of thiophene rings is 2. The van der Waals surface area contributed by atoms with Gasteiger partial charge in [-0.05, 0) is 59.1 Å². The molecule has 3 aromatic heterocycles. The number of hydrogen-bond acceptors (Lipinski definition) is 7. The Morgan fingerprint density at radius 1 is 1.14 bits per heavy atom. The first-order valence-corrected chi connectivity index (χ1v) is 10.9. The van der Waals surface area contributed by atoms with Crippen molar-refractivity contribution in [3.63, 3.8) is 0 Å². The van der Waals surface area contributed by atoms with Gasteiger partial charge in [0.15, 0.2) is 0 Å². The van der Waals surface area contributed by atoms with Crippen LogP contribution in [0.25, 0.3) is 11.4 Å². The zero-order chi connectivity index (χ0) is 18.9. The summed E-state index contributed by atoms with van der Waals surface area (Å²) in [6.45, 7) is 1.62. The molecular formula is C21H19N3O2S2. The van der Waals surface area contributed by atoms with E-state index in [1.807, 2.05) is 35.6 Å². The molecule has 1 atom stereocenters. The highest BCUT2D eigenvalue weighted by atomic mass is 32.1. The second kappa shape index (κ2) is 7.50. The molecule has 0 amide bonds. The lowest BCUT2D eigenvalue weighted by atomic mass is 9.98. The van der Waals surface area contributed by atoms with Gasteiger partial charge >= 0.3 is 0 Å². The Balaban J connectivity index is 1.40. The quantitative estimate of drug-likeness (QED) is 0.463. The summed E-state index contributed by atoms with van der Waals surface area (Å²) in [5.41, 5.74) is 2.33. The molecule has 0 saturated carbocycles. The van der Waals surface area contributed by atoms with Crippen LogP contribution in [0, 0.1) is 0 Å². The summed E-state index contributed by atoms with van der Waals surface area (Å²) in [4.78, 5) is 9.91. The van der Waals surface area contributed by atoms with Crippen molar-refractivity contribution in [3.8, 4) is 17.1 Å². The zero-order valence-electron chi connectivity index (χ0n) is 15.4. The Morgan fingerprint density at radius 3 is 2.82 bits per heavy atom. The Kier molecular flexibility index (Phi) is 4.72. The molecule has 1 aliphatic rings. The molecule has 1 unspecified atom stereocenters. The summed E-state index contributed by atoms with van der Waals surface area (Å²) in [6.07, 6.45) is 1.06. The van der Waals surface area contributed by atoms with Crippen molar-refractivity contribution in [2.45, 2.75) is 19.0 Å². The van der Waals surface area contributed by atoms with Crippen LogP contribution in [0.5, 0.6) is 5.75 Å². The number of nitrogens with zero attached hydrogens (tertiary/aromatic N) is 3. The van der Waals surface area contributed by atoms with Crippen LogP contribution in [0.15, 0.2) is 57.7 Å². The molecule has 4 heterocycles. The summed E-state index contributed by atoms with van der Waals surface area (Å²) < 4.78 is 10.8. The SMILES string of the molecule is COc1ccc(-c2noc(CN3CCc4sccc4C3c3cccs3)n2)cc1. The summed E-state index contributed by atoms with van der Waals surface area (Å²) in [6, 6.07) is 14.5. The molecule has 0 N–H and O–H groups in total. The average molecular weight is 410 g/mol. The Morgan fingerprint density at radius 2 is 2.04 bits per heavy atom. The van der Waals surface area contributed by atoms with E-state index >= 15 is 0 Å². The summed E-state index contributed by atoms with van der Waals surface area (Å²) in [5.74, 6) is 2.07. The van der Waals surface area contributed by atoms with Crippen LogP contribution in [-0.2, 0) is 13.0 Å². The second-order valence-corrected chi connectivity index (χ2v) is 8.66. The van der Waals surface area contributed by atoms with Crippen molar-refractivity contribution in [2.24, 2.45) is 0 Å². The third-order valence-electron chi connectivity index (χ3n) is 5.03. The van der Waals surface area contributed by atoms with Crippen molar-refractivity contribution >= 4 is 22.7 Å². The lowest BCUT2D eigenvalue weighted by Gasteiger charge is -2.34. The fourth-order valence-corrected chi connectivity index (χ4v) is 5.45. The van der Waals surface area contributed by atoms with Gasteiger partial charge in [0.05, 0.1) is 19.7 Å². The largest absolute Gasteiger partial charge is 0.497 e. The molecule has 5 rings (SSSR count). The number of rotatable bonds is 5. The maximum atomic E-state index is 5.59. The number of ether oxygens (including phenoxy) is 1. The van der Waals surface area contributed by atoms with E-state index in [4.69, 9.17) is 9.26 Å². The zero-order valence-corrected chi connectivity index (χ0v) is 17.0. The van der Waals surface area contributed by atoms with E-state index in [2.05, 4.69) is 44.0 Å². The van der Waals surface area contributed by atoms with Crippen molar-refractivity contribution in [1.82, 2.24) is 15.0 Å². The van der Waals surface area contributed by atoms with Gasteiger partial charge in [0.2, 0.25) is 11.7 Å². The molecule has 0 spiro atoms. The number of methoxy groups -OCH3 is 1. The molecule has 0 bridgehead atoms. The number of hydrogen-bond donors (Lipinski definition) is 0. The minimum absolute atomic E-state index is 0.256. The van der Waals surface area contributed by atoms with Crippen molar-refractivity contribution in [3.05, 3.63) is 74.4 Å². The Labute approximate surface area is 171 Å². The van der Waals surface area contributed by atoms with E-state index in [0.29, 0.717) is 18.3 Å². The number of fused-ring (bicyclic) bond motifs is 1. The minimum Gasteiger partial charge on any atom is -0.497 e. The predicted octanol–water partition coefficient (Wildman–Crippen LogP) is 5.02. The molecule has 142 valence electrons. The van der Waals surface area contributed by atoms with E-state index in [1.165, 1.54) is 15.3 Å². The van der Waals surface area contributed by atoms with Crippen LogP contribution in [0.2, 0.25) is 0 Å². The Bertz CT molecular complexity index is 1050. The Hall–Kier alpha value is -2.48. The second-order valence-electron chi connectivity index (χ2n) is 6.68. The molecule has 0 aliphatic carbocycles. The number of aromatic nitrogens is 2. The van der Waals surface area contributed by atoms with E-state index in [-0.39, 0.29) is 6.04 Å². The molecule has 7 heteroatoms. The van der Waals surface area contributed by atoms with Gasteiger partial charge in [-0.25, -0.2) is 0 Å². The molecular weight excluding hydrogens is 390 g/mol. The van der Waals surface area contributed by atoms with E-state index in [9.17, 15) is 0 Å². The highest BCUT2D eigenvalue weighted by molar-refractivity contribution is 7.10. The molecule has 0 fully saturated rings. The maximum absolute atomic E-state index is 5.59. The lowest BCUT2D eigenvalue weighted by molar-refractivity contribution is 0.181. The van der Waals surface area contributed by atoms with Crippen molar-refractivity contribution in [1.29, 1.82) is 0 Å². The molecule has 0 radical (unpaired) electrons. The van der Waals surface area contributed by atoms with Gasteiger partial charge in [0.25, 0.3) is 0 Å². The number of benzene rings is 1. The standard InChI is InChI=1S/C21H19N3O2S2/c1-25-15-6-4-14(5-7-15)21-22-19(26-23-21)13-24-10-8-17-16(9-12-28-17)20(24)18-3-2-11-27-18/h2-7,9,11-12,20H,8,10,13H2,1H3. The first kappa shape index (κ1) is 17.6. The smallest absolute Gasteiger partial charge is 0.241 e. The molecule has 5 nitrogen and oxygen atoms in total. The van der Waals surface area contributed by atoms with Crippen LogP contribution in [0.3, 0.4) is 0 Å². The third kappa shape index (κ3) is 3.26. The van der Waals surface area contributed by atoms with E-state index in [0.717, 1.165) is 24.3 Å². The third-order valence-corrected chi connectivity index (χ3v) is 6.95. The van der Waals surface area contributed by atoms with Crippen LogP contribution in [0.4, 0.5) is 0 Å². The molecule has 28 heavy (non-hydrogen) atoms. The first-order chi connectivity index (χ1) is 13.8. The van der Waals surface area contributed by atoms with Crippen molar-refractivity contribution < 1.29 is 9.26 Å². The molecule has 1 aromatic carbocycles. The van der Waals surface area contributed by atoms with Gasteiger partial charge in [-0.15, -0.1) is 22.7 Å². The van der Waals surface area contributed by atoms with Gasteiger partial charge in [-0.3, -0.25) is 4.90 Å². The average Bonchev–Trinajstić information content (AvgIpc) is 3.49. The summed E-state index contributed by atoms with van der Waals surface area (Å²) in [7, 11) is 1.66. The first-order valence-electron chi connectivity index (χ1n) is 9.12. The minimum atomic E-state index is 0.256. The van der Waals surface area contributed by atoms with Crippen LogP contribution < -0.4 is 4.74 Å². The maximum Gasteiger partial charge on any atom is 0.241 e. The van der Waals surface area contributed by atoms with Gasteiger partial charge in [0.1, 0.15) is 5.75 Å². The molecule has 0 saturated heterocycles. The normalized spacial score (nSPS) is 16.8. The van der Waals surface area contributed by atoms with Crippen LogP contribution >= 0.6 is 22.7 Å². The summed E-state index contributed by atoms with van der Waals surface area (Å²) >= 11 is 3.66. The topological polar surface area (TPSA) is 51.4 Å². The van der Waals surface area contributed by atoms with Crippen LogP contribution in [-0.4, -0.2) is 28.7 Å².